The number of hydrogen-bond acceptors (Lipinski definition) is 1. The van der Waals surface area contributed by atoms with Crippen LogP contribution in [0.5, 0.6) is 0 Å². The molecule has 0 saturated carbocycles. The van der Waals surface area contributed by atoms with Crippen molar-refractivity contribution in [2.75, 3.05) is 7.05 Å². The molecule has 0 aromatic heterocycles. The maximum atomic E-state index is 13.2. The van der Waals surface area contributed by atoms with Crippen LogP contribution in [0.4, 0.5) is 8.78 Å². The van der Waals surface area contributed by atoms with Gasteiger partial charge in [0.25, 0.3) is 5.91 Å². The van der Waals surface area contributed by atoms with Gasteiger partial charge in [-0.3, -0.25) is 4.79 Å². The van der Waals surface area contributed by atoms with E-state index >= 15 is 0 Å². The van der Waals surface area contributed by atoms with Crippen LogP contribution < -0.4 is 0 Å². The molecule has 4 heteroatoms. The van der Waals surface area contributed by atoms with Gasteiger partial charge in [-0.05, 0) is 24.6 Å². The molecule has 2 nitrogen and oxygen atoms in total. The van der Waals surface area contributed by atoms with Crippen molar-refractivity contribution in [3.8, 4) is 0 Å². The van der Waals surface area contributed by atoms with Crippen LogP contribution in [0.1, 0.15) is 28.9 Å². The number of halogens is 2. The van der Waals surface area contributed by atoms with Crippen molar-refractivity contribution in [2.45, 2.75) is 13.0 Å². The van der Waals surface area contributed by atoms with E-state index < -0.39 is 17.5 Å². The number of nitrogens with zero attached hydrogens (tertiary/aromatic N) is 1. The smallest absolute Gasteiger partial charge is 0.254 e. The quantitative estimate of drug-likeness (QED) is 0.834. The first-order valence-electron chi connectivity index (χ1n) is 6.27. The Labute approximate surface area is 116 Å². The largest absolute Gasteiger partial charge is 0.335 e. The molecule has 0 bridgehead atoms. The van der Waals surface area contributed by atoms with Gasteiger partial charge in [0.05, 0.1) is 6.04 Å². The van der Waals surface area contributed by atoms with E-state index in [0.717, 1.165) is 23.8 Å². The molecule has 0 saturated heterocycles. The number of hydrogen-bond donors (Lipinski definition) is 0. The number of carbonyl (C=O) groups is 1. The second-order valence-corrected chi connectivity index (χ2v) is 4.66. The summed E-state index contributed by atoms with van der Waals surface area (Å²) in [6.07, 6.45) is 0. The van der Waals surface area contributed by atoms with E-state index in [-0.39, 0.29) is 11.6 Å². The highest BCUT2D eigenvalue weighted by Gasteiger charge is 2.19. The Morgan fingerprint density at radius 2 is 1.60 bits per heavy atom. The fourth-order valence-electron chi connectivity index (χ4n) is 2.01. The summed E-state index contributed by atoms with van der Waals surface area (Å²) in [6, 6.07) is 12.1. The predicted molar refractivity (Wildman–Crippen MR) is 73.3 cm³/mol. The normalized spacial score (nSPS) is 12.0. The zero-order valence-corrected chi connectivity index (χ0v) is 11.3. The third-order valence-corrected chi connectivity index (χ3v) is 3.29. The Morgan fingerprint density at radius 1 is 1.05 bits per heavy atom. The van der Waals surface area contributed by atoms with Gasteiger partial charge in [-0.15, -0.1) is 0 Å². The van der Waals surface area contributed by atoms with Crippen LogP contribution in [0.3, 0.4) is 0 Å². The van der Waals surface area contributed by atoms with Gasteiger partial charge in [-0.1, -0.05) is 30.3 Å². The van der Waals surface area contributed by atoms with Crippen molar-refractivity contribution < 1.29 is 13.6 Å². The molecule has 2 rings (SSSR count). The van der Waals surface area contributed by atoms with Crippen molar-refractivity contribution in [3.05, 3.63) is 71.3 Å². The van der Waals surface area contributed by atoms with Crippen molar-refractivity contribution in [2.24, 2.45) is 0 Å². The van der Waals surface area contributed by atoms with Gasteiger partial charge in [0.15, 0.2) is 0 Å². The number of carbonyl (C=O) groups excluding carboxylic acids is 1. The monoisotopic (exact) mass is 275 g/mol. The van der Waals surface area contributed by atoms with Gasteiger partial charge in [0, 0.05) is 18.7 Å². The molecule has 0 aliphatic rings. The Hall–Kier alpha value is -2.23. The molecule has 20 heavy (non-hydrogen) atoms. The first-order valence-corrected chi connectivity index (χ1v) is 6.27. The summed E-state index contributed by atoms with van der Waals surface area (Å²) in [4.78, 5) is 13.7. The second-order valence-electron chi connectivity index (χ2n) is 4.66. The molecular weight excluding hydrogens is 260 g/mol. The molecule has 1 atom stereocenters. The van der Waals surface area contributed by atoms with Gasteiger partial charge >= 0.3 is 0 Å². The fraction of sp³-hybridized carbons (Fsp3) is 0.188. The fourth-order valence-corrected chi connectivity index (χ4v) is 2.01. The summed E-state index contributed by atoms with van der Waals surface area (Å²) in [5.41, 5.74) is 0.966. The van der Waals surface area contributed by atoms with Crippen LogP contribution in [-0.2, 0) is 0 Å². The SMILES string of the molecule is CC(c1ccccc1)N(C)C(=O)c1cc(F)cc(F)c1. The first kappa shape index (κ1) is 14.2. The average molecular weight is 275 g/mol. The van der Waals surface area contributed by atoms with Gasteiger partial charge in [0.2, 0.25) is 0 Å². The van der Waals surface area contributed by atoms with Crippen molar-refractivity contribution in [3.63, 3.8) is 0 Å². The van der Waals surface area contributed by atoms with E-state index in [4.69, 9.17) is 0 Å². The second kappa shape index (κ2) is 5.82. The molecule has 0 spiro atoms. The maximum Gasteiger partial charge on any atom is 0.254 e. The average Bonchev–Trinajstić information content (AvgIpc) is 2.45. The molecule has 0 aliphatic heterocycles. The van der Waals surface area contributed by atoms with Crippen molar-refractivity contribution in [1.29, 1.82) is 0 Å². The third kappa shape index (κ3) is 3.02. The summed E-state index contributed by atoms with van der Waals surface area (Å²) in [6.45, 7) is 1.86. The van der Waals surface area contributed by atoms with Gasteiger partial charge in [-0.2, -0.15) is 0 Å². The van der Waals surface area contributed by atoms with Crippen LogP contribution in [-0.4, -0.2) is 17.9 Å². The molecule has 0 radical (unpaired) electrons. The summed E-state index contributed by atoms with van der Waals surface area (Å²) < 4.78 is 26.3. The zero-order chi connectivity index (χ0) is 14.7. The highest BCUT2D eigenvalue weighted by atomic mass is 19.1. The minimum absolute atomic E-state index is 0.00720. The molecule has 2 aromatic rings. The van der Waals surface area contributed by atoms with Crippen molar-refractivity contribution >= 4 is 5.91 Å². The van der Waals surface area contributed by atoms with Crippen LogP contribution >= 0.6 is 0 Å². The molecule has 0 heterocycles. The minimum atomic E-state index is -0.755. The van der Waals surface area contributed by atoms with Crippen LogP contribution in [0, 0.1) is 11.6 Å². The molecule has 104 valence electrons. The Balaban J connectivity index is 2.24. The van der Waals surface area contributed by atoms with Gasteiger partial charge in [-0.25, -0.2) is 8.78 Å². The lowest BCUT2D eigenvalue weighted by Crippen LogP contribution is -2.29. The Kier molecular flexibility index (Phi) is 4.13. The van der Waals surface area contributed by atoms with Gasteiger partial charge < -0.3 is 4.90 Å². The molecule has 0 fully saturated rings. The third-order valence-electron chi connectivity index (χ3n) is 3.29. The van der Waals surface area contributed by atoms with E-state index in [1.54, 1.807) is 7.05 Å². The standard InChI is InChI=1S/C16H15F2NO/c1-11(12-6-4-3-5-7-12)19(2)16(20)13-8-14(17)10-15(18)9-13/h3-11H,1-2H3. The van der Waals surface area contributed by atoms with E-state index in [1.807, 2.05) is 37.3 Å². The summed E-state index contributed by atoms with van der Waals surface area (Å²) in [7, 11) is 1.61. The lowest BCUT2D eigenvalue weighted by molar-refractivity contribution is 0.0741. The molecule has 1 amide bonds. The molecule has 2 aromatic carbocycles. The Morgan fingerprint density at radius 3 is 2.15 bits per heavy atom. The zero-order valence-electron chi connectivity index (χ0n) is 11.3. The van der Waals surface area contributed by atoms with Crippen LogP contribution in [0.2, 0.25) is 0 Å². The van der Waals surface area contributed by atoms with E-state index in [0.29, 0.717) is 0 Å². The predicted octanol–water partition coefficient (Wildman–Crippen LogP) is 3.80. The summed E-state index contributed by atoms with van der Waals surface area (Å²) in [5.74, 6) is -1.93. The molecule has 0 aliphatic carbocycles. The highest BCUT2D eigenvalue weighted by Crippen LogP contribution is 2.21. The van der Waals surface area contributed by atoms with Crippen LogP contribution in [0.15, 0.2) is 48.5 Å². The Bertz CT molecular complexity index is 593. The van der Waals surface area contributed by atoms with E-state index in [9.17, 15) is 13.6 Å². The maximum absolute atomic E-state index is 13.2. The molecule has 0 N–H and O–H groups in total. The highest BCUT2D eigenvalue weighted by molar-refractivity contribution is 5.94. The van der Waals surface area contributed by atoms with Crippen molar-refractivity contribution in [1.82, 2.24) is 4.90 Å². The molecular formula is C16H15F2NO. The van der Waals surface area contributed by atoms with E-state index in [2.05, 4.69) is 0 Å². The first-order chi connectivity index (χ1) is 9.49. The lowest BCUT2D eigenvalue weighted by Gasteiger charge is -2.25. The number of rotatable bonds is 3. The number of benzene rings is 2. The molecule has 1 unspecified atom stereocenters. The minimum Gasteiger partial charge on any atom is -0.335 e. The summed E-state index contributed by atoms with van der Waals surface area (Å²) >= 11 is 0. The lowest BCUT2D eigenvalue weighted by atomic mass is 10.1. The van der Waals surface area contributed by atoms with E-state index in [1.165, 1.54) is 4.90 Å². The number of amides is 1. The van der Waals surface area contributed by atoms with Gasteiger partial charge in [0.1, 0.15) is 11.6 Å². The van der Waals surface area contributed by atoms with Crippen LogP contribution in [0.25, 0.3) is 0 Å². The topological polar surface area (TPSA) is 20.3 Å². The summed E-state index contributed by atoms with van der Waals surface area (Å²) in [5, 5.41) is 0.